The fraction of sp³-hybridized carbons (Fsp3) is 0.264. The van der Waals surface area contributed by atoms with Crippen molar-refractivity contribution < 1.29 is 9.13 Å². The van der Waals surface area contributed by atoms with Crippen LogP contribution in [0.1, 0.15) is 79.6 Å². The molecule has 63 heavy (non-hydrogen) atoms. The van der Waals surface area contributed by atoms with E-state index in [1.54, 1.807) is 19.2 Å². The minimum atomic E-state index is -0.218. The zero-order chi connectivity index (χ0) is 44.0. The van der Waals surface area contributed by atoms with E-state index in [-0.39, 0.29) is 24.1 Å². The molecule has 0 radical (unpaired) electrons. The lowest BCUT2D eigenvalue weighted by molar-refractivity contribution is 0.174. The van der Waals surface area contributed by atoms with E-state index >= 15 is 0 Å². The quantitative estimate of drug-likeness (QED) is 0.155. The molecule has 0 aliphatic carbocycles. The Labute approximate surface area is 372 Å². The molecule has 0 amide bonds. The van der Waals surface area contributed by atoms with Crippen molar-refractivity contribution in [2.24, 2.45) is 5.10 Å². The molecule has 1 aromatic heterocycles. The van der Waals surface area contributed by atoms with Crippen LogP contribution in [0.5, 0.6) is 5.75 Å². The highest BCUT2D eigenvalue weighted by atomic mass is 19.1. The average molecular weight is 843 g/mol. The summed E-state index contributed by atoms with van der Waals surface area (Å²) in [6.45, 7) is 13.0. The average Bonchev–Trinajstić information content (AvgIpc) is 3.99. The molecule has 0 spiro atoms. The molecule has 1 N–H and O–H groups in total. The summed E-state index contributed by atoms with van der Waals surface area (Å²) in [6.07, 6.45) is -0.102. The lowest BCUT2D eigenvalue weighted by Gasteiger charge is -2.40. The molecule has 0 saturated carbocycles. The zero-order valence-electron chi connectivity index (χ0n) is 37.1. The van der Waals surface area contributed by atoms with Crippen molar-refractivity contribution in [3.05, 3.63) is 209 Å². The van der Waals surface area contributed by atoms with E-state index in [4.69, 9.17) is 4.74 Å². The molecular weight excluding hydrogens is 784 g/mol. The molecule has 1 atom stereocenters. The summed E-state index contributed by atoms with van der Waals surface area (Å²) in [5.74, 6) is 3.55. The number of aromatic nitrogens is 3. The predicted octanol–water partition coefficient (Wildman–Crippen LogP) is 10.8. The minimum Gasteiger partial charge on any atom is -0.497 e. The summed E-state index contributed by atoms with van der Waals surface area (Å²) >= 11 is 0. The van der Waals surface area contributed by atoms with Crippen LogP contribution in [0.2, 0.25) is 0 Å². The second-order valence-corrected chi connectivity index (χ2v) is 15.0. The van der Waals surface area contributed by atoms with Crippen LogP contribution in [0.4, 0.5) is 4.39 Å². The molecule has 10 heteroatoms. The van der Waals surface area contributed by atoms with Gasteiger partial charge in [0.1, 0.15) is 29.4 Å². The summed E-state index contributed by atoms with van der Waals surface area (Å²) in [7, 11) is 1.68. The van der Waals surface area contributed by atoms with Crippen molar-refractivity contribution in [1.82, 2.24) is 34.9 Å². The fourth-order valence-corrected chi connectivity index (χ4v) is 8.57. The third-order valence-corrected chi connectivity index (χ3v) is 11.4. The summed E-state index contributed by atoms with van der Waals surface area (Å²) in [4.78, 5) is 7.21. The second-order valence-electron chi connectivity index (χ2n) is 15.0. The van der Waals surface area contributed by atoms with Crippen molar-refractivity contribution >= 4 is 5.84 Å². The van der Waals surface area contributed by atoms with Gasteiger partial charge in [0.2, 0.25) is 0 Å². The number of hydrogen-bond acceptors (Lipinski definition) is 8. The van der Waals surface area contributed by atoms with Crippen molar-refractivity contribution in [2.45, 2.75) is 59.0 Å². The molecule has 6 aromatic carbocycles. The van der Waals surface area contributed by atoms with E-state index < -0.39 is 0 Å². The maximum absolute atomic E-state index is 13.7. The molecule has 0 bridgehead atoms. The van der Waals surface area contributed by atoms with Gasteiger partial charge in [0.15, 0.2) is 5.82 Å². The van der Waals surface area contributed by atoms with E-state index in [2.05, 4.69) is 161 Å². The summed E-state index contributed by atoms with van der Waals surface area (Å²) < 4.78 is 21.2. The molecule has 10 rings (SSSR count). The second kappa shape index (κ2) is 21.9. The molecule has 9 nitrogen and oxygen atoms in total. The van der Waals surface area contributed by atoms with Gasteiger partial charge in [-0.2, -0.15) is 5.10 Å². The Balaban J connectivity index is 0.000000175. The van der Waals surface area contributed by atoms with Gasteiger partial charge in [-0.3, -0.25) is 15.2 Å². The standard InChI is InChI=1S/C25H24N4O.C24H23FN4.2C2H6/c1-30-22-14-12-21(13-15-22)25-27-26-23-18-28(16-17-29(23)25)24(19-8-4-2-5-9-19)20-10-6-3-7-11-20;25-21-13-7-12-20(16-21)24-27-26-22-17-28(14-15-29(22)24)23(18-8-3-1-4-9-18)19-10-5-2-6-11-19;2*1-2/h2-15,24H,16-18H2,1H3;1-13,16,23-24,27H,14-15,17H2;2*1-2H3. The van der Waals surface area contributed by atoms with Crippen LogP contribution in [0.3, 0.4) is 0 Å². The zero-order valence-corrected chi connectivity index (χ0v) is 37.1. The van der Waals surface area contributed by atoms with Crippen LogP contribution in [0.25, 0.3) is 11.4 Å². The van der Waals surface area contributed by atoms with Crippen LogP contribution < -0.4 is 10.2 Å². The maximum Gasteiger partial charge on any atom is 0.164 e. The molecule has 1 fully saturated rings. The number of halogens is 1. The van der Waals surface area contributed by atoms with Crippen molar-refractivity contribution in [1.29, 1.82) is 0 Å². The van der Waals surface area contributed by atoms with Gasteiger partial charge in [-0.15, -0.1) is 10.2 Å². The van der Waals surface area contributed by atoms with Crippen LogP contribution in [-0.2, 0) is 13.1 Å². The van der Waals surface area contributed by atoms with E-state index in [0.717, 1.165) is 73.6 Å². The van der Waals surface area contributed by atoms with Gasteiger partial charge < -0.3 is 14.2 Å². The Bertz CT molecular complexity index is 2390. The number of ether oxygens (including phenoxy) is 1. The van der Waals surface area contributed by atoms with Crippen molar-refractivity contribution in [3.63, 3.8) is 0 Å². The van der Waals surface area contributed by atoms with Gasteiger partial charge in [-0.25, -0.2) is 4.39 Å². The summed E-state index contributed by atoms with van der Waals surface area (Å²) in [5.41, 5.74) is 10.3. The first-order valence-electron chi connectivity index (χ1n) is 22.2. The first-order valence-corrected chi connectivity index (χ1v) is 22.2. The van der Waals surface area contributed by atoms with Gasteiger partial charge in [-0.1, -0.05) is 161 Å². The summed E-state index contributed by atoms with van der Waals surface area (Å²) in [6, 6.07) is 57.8. The maximum atomic E-state index is 13.7. The molecule has 4 heterocycles. The highest BCUT2D eigenvalue weighted by Gasteiger charge is 2.36. The van der Waals surface area contributed by atoms with E-state index in [1.165, 1.54) is 28.3 Å². The number of benzene rings is 6. The van der Waals surface area contributed by atoms with Crippen molar-refractivity contribution in [3.8, 4) is 17.1 Å². The minimum absolute atomic E-state index is 0.102. The SMILES string of the molecule is CC.CC.COc1ccc(-c2nnc3n2CCN(C(c2ccccc2)c2ccccc2)C3)cc1.Fc1cccc(C2NN=C3CN(C(c4ccccc4)c4ccccc4)CCN32)c1. The van der Waals surface area contributed by atoms with Gasteiger partial charge >= 0.3 is 0 Å². The monoisotopic (exact) mass is 842 g/mol. The molecule has 1 unspecified atom stereocenters. The number of fused-ring (bicyclic) bond motifs is 2. The van der Waals surface area contributed by atoms with Crippen LogP contribution in [0.15, 0.2) is 175 Å². The number of amidine groups is 1. The normalized spacial score (nSPS) is 15.6. The highest BCUT2D eigenvalue weighted by molar-refractivity contribution is 5.86. The van der Waals surface area contributed by atoms with Gasteiger partial charge in [0.25, 0.3) is 0 Å². The van der Waals surface area contributed by atoms with Crippen LogP contribution >= 0.6 is 0 Å². The van der Waals surface area contributed by atoms with Gasteiger partial charge in [0, 0.05) is 31.7 Å². The van der Waals surface area contributed by atoms with E-state index in [1.807, 2.05) is 58.0 Å². The third-order valence-electron chi connectivity index (χ3n) is 11.4. The smallest absolute Gasteiger partial charge is 0.164 e. The molecular formula is C53H59FN8O. The van der Waals surface area contributed by atoms with Crippen molar-refractivity contribution in [2.75, 3.05) is 33.3 Å². The van der Waals surface area contributed by atoms with E-state index in [0.29, 0.717) is 0 Å². The van der Waals surface area contributed by atoms with Crippen LogP contribution in [0, 0.1) is 5.82 Å². The summed E-state index contributed by atoms with van der Waals surface area (Å²) in [5, 5.41) is 13.6. The first kappa shape index (κ1) is 44.4. The van der Waals surface area contributed by atoms with Crippen LogP contribution in [-0.4, -0.2) is 68.6 Å². The number of nitrogens with zero attached hydrogens (tertiary/aromatic N) is 7. The predicted molar refractivity (Wildman–Crippen MR) is 253 cm³/mol. The lowest BCUT2D eigenvalue weighted by atomic mass is 9.96. The Kier molecular flexibility index (Phi) is 15.5. The third kappa shape index (κ3) is 10.4. The highest BCUT2D eigenvalue weighted by Crippen LogP contribution is 2.35. The first-order chi connectivity index (χ1) is 31.1. The topological polar surface area (TPSA) is 74.0 Å². The number of rotatable bonds is 9. The molecule has 7 aromatic rings. The number of piperazine rings is 1. The molecule has 3 aliphatic rings. The Morgan fingerprint density at radius 2 is 1.08 bits per heavy atom. The van der Waals surface area contributed by atoms with Gasteiger partial charge in [0.05, 0.1) is 32.3 Å². The number of methoxy groups -OCH3 is 1. The lowest BCUT2D eigenvalue weighted by Crippen LogP contribution is -2.51. The van der Waals surface area contributed by atoms with Gasteiger partial charge in [-0.05, 0) is 64.2 Å². The Morgan fingerprint density at radius 3 is 1.59 bits per heavy atom. The molecule has 3 aliphatic heterocycles. The molecule has 1 saturated heterocycles. The number of hydrazone groups is 1. The number of hydrogen-bond donors (Lipinski definition) is 1. The number of nitrogens with one attached hydrogen (secondary N) is 1. The Morgan fingerprint density at radius 1 is 0.571 bits per heavy atom. The molecule has 324 valence electrons. The Hall–Kier alpha value is -6.62. The van der Waals surface area contributed by atoms with E-state index in [9.17, 15) is 4.39 Å². The largest absolute Gasteiger partial charge is 0.497 e. The fourth-order valence-electron chi connectivity index (χ4n) is 8.57.